The summed E-state index contributed by atoms with van der Waals surface area (Å²) in [7, 11) is 1.98. The molecule has 2 aliphatic carbocycles. The zero-order chi connectivity index (χ0) is 37.9. The molecule has 0 radical (unpaired) electrons. The van der Waals surface area contributed by atoms with E-state index in [0.717, 1.165) is 88.2 Å². The van der Waals surface area contributed by atoms with Crippen LogP contribution in [0.15, 0.2) is 24.5 Å². The molecule has 2 saturated carbocycles. The maximum atomic E-state index is 13.1. The molecular weight excluding hydrogens is 892 g/mol. The molecule has 1 atom stereocenters. The summed E-state index contributed by atoms with van der Waals surface area (Å²) in [6.45, 7) is 4.78. The van der Waals surface area contributed by atoms with Gasteiger partial charge in [0, 0.05) is 57.6 Å². The van der Waals surface area contributed by atoms with Crippen LogP contribution in [0.3, 0.4) is 0 Å². The Kier molecular flexibility index (Phi) is 13.5. The van der Waals surface area contributed by atoms with Crippen molar-refractivity contribution in [1.82, 2.24) is 40.2 Å². The molecule has 5 heterocycles. The zero-order valence-corrected chi connectivity index (χ0v) is 36.7. The van der Waals surface area contributed by atoms with Crippen molar-refractivity contribution in [3.63, 3.8) is 0 Å². The molecule has 4 fully saturated rings. The van der Waals surface area contributed by atoms with Crippen molar-refractivity contribution < 1.29 is 40.2 Å². The van der Waals surface area contributed by atoms with E-state index in [-0.39, 0.29) is 50.0 Å². The number of rotatable bonds is 12. The molecule has 2 N–H and O–H groups in total. The van der Waals surface area contributed by atoms with E-state index >= 15 is 0 Å². The molecule has 56 heavy (non-hydrogen) atoms. The Morgan fingerprint density at radius 2 is 1.80 bits per heavy atom. The molecule has 12 nitrogen and oxygen atoms in total. The summed E-state index contributed by atoms with van der Waals surface area (Å²) >= 11 is 6.54. The van der Waals surface area contributed by atoms with Crippen molar-refractivity contribution in [1.29, 1.82) is 0 Å². The Morgan fingerprint density at radius 1 is 1.00 bits per heavy atom. The van der Waals surface area contributed by atoms with Crippen molar-refractivity contribution in [3.05, 3.63) is 62.8 Å². The normalized spacial score (nSPS) is 23.0. The van der Waals surface area contributed by atoms with Gasteiger partial charge in [0.05, 0.1) is 17.7 Å². The Bertz CT molecular complexity index is 1970. The summed E-state index contributed by atoms with van der Waals surface area (Å²) in [5.74, 6) is 1.11. The molecule has 3 amide bonds. The molecule has 3 aliphatic heterocycles. The van der Waals surface area contributed by atoms with Crippen LogP contribution in [0.5, 0.6) is 0 Å². The number of imide groups is 1. The minimum atomic E-state index is -0.582. The topological polar surface area (TPSA) is 130 Å². The van der Waals surface area contributed by atoms with E-state index < -0.39 is 6.04 Å². The standard InChI is InChI=1S/C42H52ClN9O3.Hf/c1-50-37(21-27-5-6-27)34(24-47-50)39-35(43)25-46-42(49-39)45-23-28-7-10-32(11-8-28)44-17-3-2-4-18-51-19-15-29(16-20-51)30-9-12-33-31(22-30)26-52(41(33)55)36-13-14-38(53)48-40(36)54;/h12,22,24-25,27-29,32,36,44H,2-8,10-11,13-21,26H2,1H3,(H,48,53,54);. The number of hydrogen-bond donors (Lipinski definition) is 2. The average molecular weight is 945 g/mol. The number of benzene rings is 1. The van der Waals surface area contributed by atoms with Crippen molar-refractivity contribution in [2.75, 3.05) is 26.2 Å². The summed E-state index contributed by atoms with van der Waals surface area (Å²) < 4.78 is 1.94. The SMILES string of the molecule is Cn1ncc(-c2nc([N+]#CC3CCC(NCCCCCN4CCC(c5[c-]cc6c(c5)CN(C5CCC(=O)NC5=O)C6=O)CC4)CC3)ncc2Cl)c1CC1CC1.[Hf]. The summed E-state index contributed by atoms with van der Waals surface area (Å²) in [5, 5.41) is 11.2. The van der Waals surface area contributed by atoms with Gasteiger partial charge in [0.1, 0.15) is 23.3 Å². The van der Waals surface area contributed by atoms with Crippen LogP contribution in [0.25, 0.3) is 16.1 Å². The second kappa shape index (κ2) is 18.5. The maximum absolute atomic E-state index is 13.1. The number of unbranched alkanes of at least 4 members (excludes halogenated alkanes) is 2. The predicted molar refractivity (Wildman–Crippen MR) is 210 cm³/mol. The summed E-state index contributed by atoms with van der Waals surface area (Å²) in [6, 6.07) is 10.7. The summed E-state index contributed by atoms with van der Waals surface area (Å²) in [6.07, 6.45) is 17.9. The number of piperidine rings is 2. The molecule has 294 valence electrons. The number of likely N-dealkylation sites (tertiary alicyclic amines) is 1. The minimum absolute atomic E-state index is 0. The molecule has 2 saturated heterocycles. The fourth-order valence-corrected chi connectivity index (χ4v) is 9.04. The summed E-state index contributed by atoms with van der Waals surface area (Å²) in [4.78, 5) is 54.9. The van der Waals surface area contributed by atoms with Crippen LogP contribution in [0.2, 0.25) is 5.02 Å². The van der Waals surface area contributed by atoms with Gasteiger partial charge in [-0.15, -0.1) is 5.56 Å². The first-order valence-electron chi connectivity index (χ1n) is 20.4. The number of carbonyl (C=O) groups is 3. The minimum Gasteiger partial charge on any atom is -0.335 e. The Balaban J connectivity index is 0.00000480. The van der Waals surface area contributed by atoms with Gasteiger partial charge >= 0.3 is 5.95 Å². The van der Waals surface area contributed by atoms with Crippen LogP contribution < -0.4 is 10.6 Å². The van der Waals surface area contributed by atoms with Crippen LogP contribution in [0.1, 0.15) is 117 Å². The van der Waals surface area contributed by atoms with Gasteiger partial charge < -0.3 is 15.1 Å². The van der Waals surface area contributed by atoms with Gasteiger partial charge in [-0.2, -0.15) is 33.7 Å². The van der Waals surface area contributed by atoms with Gasteiger partial charge in [-0.1, -0.05) is 33.6 Å². The molecule has 14 heteroatoms. The van der Waals surface area contributed by atoms with E-state index in [1.165, 1.54) is 43.4 Å². The van der Waals surface area contributed by atoms with Crippen LogP contribution in [0, 0.1) is 24.0 Å². The van der Waals surface area contributed by atoms with E-state index in [2.05, 4.69) is 48.7 Å². The Hall–Kier alpha value is -3.31. The van der Waals surface area contributed by atoms with E-state index in [1.807, 2.05) is 24.0 Å². The first-order valence-corrected chi connectivity index (χ1v) is 20.8. The van der Waals surface area contributed by atoms with Gasteiger partial charge in [0.15, 0.2) is 11.6 Å². The second-order valence-electron chi connectivity index (χ2n) is 16.3. The van der Waals surface area contributed by atoms with Gasteiger partial charge in [-0.05, 0) is 115 Å². The molecule has 8 rings (SSSR count). The fourth-order valence-electron chi connectivity index (χ4n) is 8.85. The van der Waals surface area contributed by atoms with Crippen LogP contribution in [0.4, 0.5) is 5.95 Å². The molecule has 1 unspecified atom stereocenters. The smallest absolute Gasteiger partial charge is 0.335 e. The molecule has 2 aromatic heterocycles. The first-order chi connectivity index (χ1) is 26.8. The monoisotopic (exact) mass is 945 g/mol. The largest absolute Gasteiger partial charge is 0.530 e. The van der Waals surface area contributed by atoms with Gasteiger partial charge in [-0.3, -0.25) is 24.4 Å². The number of hydrogen-bond acceptors (Lipinski definition) is 8. The van der Waals surface area contributed by atoms with E-state index in [4.69, 9.17) is 16.6 Å². The fraction of sp³-hybridized carbons (Fsp3) is 0.595. The first kappa shape index (κ1) is 40.9. The van der Waals surface area contributed by atoms with Crippen molar-refractivity contribution in [2.24, 2.45) is 18.9 Å². The zero-order valence-electron chi connectivity index (χ0n) is 32.4. The number of nitrogens with one attached hydrogen (secondary N) is 2. The van der Waals surface area contributed by atoms with Gasteiger partial charge in [0.2, 0.25) is 11.8 Å². The number of carbonyl (C=O) groups excluding carboxylic acids is 3. The number of halogens is 1. The number of fused-ring (bicyclic) bond motifs is 1. The quantitative estimate of drug-likeness (QED) is 0.0951. The molecule has 0 bridgehead atoms. The maximum Gasteiger partial charge on any atom is 0.530 e. The van der Waals surface area contributed by atoms with E-state index in [0.29, 0.717) is 53.1 Å². The van der Waals surface area contributed by atoms with Crippen molar-refractivity contribution in [2.45, 2.75) is 114 Å². The third kappa shape index (κ3) is 9.68. The second-order valence-corrected chi connectivity index (χ2v) is 16.7. The van der Waals surface area contributed by atoms with Crippen LogP contribution in [-0.2, 0) is 55.4 Å². The molecular formula is C42H52ClHfN9O3. The molecule has 5 aliphatic rings. The third-order valence-corrected chi connectivity index (χ3v) is 12.7. The van der Waals surface area contributed by atoms with Crippen LogP contribution in [-0.4, -0.2) is 85.5 Å². The number of aryl methyl sites for hydroxylation is 1. The third-order valence-electron chi connectivity index (χ3n) is 12.4. The Labute approximate surface area is 353 Å². The average Bonchev–Trinajstić information content (AvgIpc) is 3.87. The number of aromatic nitrogens is 4. The summed E-state index contributed by atoms with van der Waals surface area (Å²) in [5.41, 5.74) is 5.62. The molecule has 3 aromatic rings. The van der Waals surface area contributed by atoms with Gasteiger partial charge in [-0.25, -0.2) is 0 Å². The molecule has 1 aromatic carbocycles. The van der Waals surface area contributed by atoms with Crippen LogP contribution >= 0.6 is 11.6 Å². The van der Waals surface area contributed by atoms with E-state index in [1.54, 1.807) is 11.1 Å². The Morgan fingerprint density at radius 3 is 2.57 bits per heavy atom. The van der Waals surface area contributed by atoms with Crippen molar-refractivity contribution in [3.8, 4) is 17.3 Å². The van der Waals surface area contributed by atoms with Gasteiger partial charge in [0.25, 0.3) is 0 Å². The number of nitrogens with zero attached hydrogens (tertiary/aromatic N) is 7. The number of amides is 3. The van der Waals surface area contributed by atoms with E-state index in [9.17, 15) is 14.4 Å². The van der Waals surface area contributed by atoms with Crippen molar-refractivity contribution >= 4 is 35.3 Å². The molecule has 0 spiro atoms. The predicted octanol–water partition coefficient (Wildman–Crippen LogP) is 6.20.